The van der Waals surface area contributed by atoms with Gasteiger partial charge in [0.25, 0.3) is 5.91 Å². The van der Waals surface area contributed by atoms with Gasteiger partial charge in [0.1, 0.15) is 23.3 Å². The van der Waals surface area contributed by atoms with Gasteiger partial charge in [0, 0.05) is 31.7 Å². The molecule has 2 N–H and O–H groups in total. The summed E-state index contributed by atoms with van der Waals surface area (Å²) in [5.74, 6) is 1.78. The zero-order chi connectivity index (χ0) is 25.1. The van der Waals surface area contributed by atoms with Crippen LogP contribution in [0.3, 0.4) is 0 Å². The zero-order valence-electron chi connectivity index (χ0n) is 20.6. The minimum atomic E-state index is -0.205. The average molecular weight is 494 g/mol. The van der Waals surface area contributed by atoms with Crippen molar-refractivity contribution in [3.8, 4) is 28.5 Å². The van der Waals surface area contributed by atoms with Crippen molar-refractivity contribution in [1.29, 1.82) is 0 Å². The van der Waals surface area contributed by atoms with E-state index in [1.807, 2.05) is 24.0 Å². The molecule has 0 spiro atoms. The highest BCUT2D eigenvalue weighted by molar-refractivity contribution is 6.08. The molecular weight excluding hydrogens is 462 g/mol. The van der Waals surface area contributed by atoms with Crippen LogP contribution in [0.4, 0.5) is 0 Å². The Hall–Kier alpha value is -3.82. The number of carbonyl (C=O) groups excluding carboxylic acids is 2. The van der Waals surface area contributed by atoms with E-state index in [2.05, 4.69) is 27.2 Å². The summed E-state index contributed by atoms with van der Waals surface area (Å²) >= 11 is 0. The minimum Gasteiger partial charge on any atom is -0.493 e. The fourth-order valence-corrected chi connectivity index (χ4v) is 4.69. The predicted octanol–water partition coefficient (Wildman–Crippen LogP) is 3.66. The Kier molecular flexibility index (Phi) is 6.92. The number of nitrogens with one attached hydrogen (secondary N) is 2. The van der Waals surface area contributed by atoms with Crippen LogP contribution in [0.1, 0.15) is 56.3 Å². The van der Waals surface area contributed by atoms with Crippen LogP contribution in [0.25, 0.3) is 22.3 Å². The van der Waals surface area contributed by atoms with Gasteiger partial charge >= 0.3 is 0 Å². The summed E-state index contributed by atoms with van der Waals surface area (Å²) in [7, 11) is 0. The molecule has 10 nitrogen and oxygen atoms in total. The van der Waals surface area contributed by atoms with Gasteiger partial charge in [0.15, 0.2) is 11.5 Å². The SMILES string of the molecule is CCCCOc1ccc2c(c1-c1ncnc3c(C(=O)NC4CCN(C(=O)CC)CC4)c[nH]c13)OCO2. The highest BCUT2D eigenvalue weighted by Gasteiger charge is 2.28. The van der Waals surface area contributed by atoms with Crippen molar-refractivity contribution in [2.45, 2.75) is 52.0 Å². The Morgan fingerprint density at radius 3 is 2.81 bits per heavy atom. The van der Waals surface area contributed by atoms with Crippen LogP contribution in [0.5, 0.6) is 17.2 Å². The largest absolute Gasteiger partial charge is 0.493 e. The highest BCUT2D eigenvalue weighted by atomic mass is 16.7. The number of hydrogen-bond donors (Lipinski definition) is 2. The maximum atomic E-state index is 13.2. The number of piperidine rings is 1. The lowest BCUT2D eigenvalue weighted by atomic mass is 10.0. The van der Waals surface area contributed by atoms with E-state index in [1.54, 1.807) is 6.20 Å². The molecule has 0 saturated carbocycles. The number of H-pyrrole nitrogens is 1. The van der Waals surface area contributed by atoms with Crippen LogP contribution in [-0.2, 0) is 4.79 Å². The maximum Gasteiger partial charge on any atom is 0.255 e. The third-order valence-corrected chi connectivity index (χ3v) is 6.69. The van der Waals surface area contributed by atoms with Crippen molar-refractivity contribution in [2.24, 2.45) is 0 Å². The second-order valence-electron chi connectivity index (χ2n) is 9.00. The number of unbranched alkanes of at least 4 members (excludes halogenated alkanes) is 1. The van der Waals surface area contributed by atoms with Gasteiger partial charge in [-0.05, 0) is 31.4 Å². The molecule has 0 atom stereocenters. The van der Waals surface area contributed by atoms with Crippen molar-refractivity contribution >= 4 is 22.8 Å². The number of aromatic amines is 1. The van der Waals surface area contributed by atoms with Crippen LogP contribution in [0.15, 0.2) is 24.7 Å². The van der Waals surface area contributed by atoms with E-state index in [1.165, 1.54) is 6.33 Å². The van der Waals surface area contributed by atoms with Gasteiger partial charge in [-0.2, -0.15) is 0 Å². The smallest absolute Gasteiger partial charge is 0.255 e. The number of amides is 2. The monoisotopic (exact) mass is 493 g/mol. The second-order valence-corrected chi connectivity index (χ2v) is 9.00. The lowest BCUT2D eigenvalue weighted by Crippen LogP contribution is -2.46. The van der Waals surface area contributed by atoms with Crippen molar-refractivity contribution in [2.75, 3.05) is 26.5 Å². The number of benzene rings is 1. The molecule has 36 heavy (non-hydrogen) atoms. The first-order valence-corrected chi connectivity index (χ1v) is 12.6. The Labute approximate surface area is 209 Å². The normalized spacial score (nSPS) is 15.3. The lowest BCUT2D eigenvalue weighted by Gasteiger charge is -2.32. The van der Waals surface area contributed by atoms with E-state index in [4.69, 9.17) is 14.2 Å². The van der Waals surface area contributed by atoms with E-state index in [9.17, 15) is 9.59 Å². The molecule has 3 aromatic rings. The number of carbonyl (C=O) groups is 2. The molecule has 5 rings (SSSR count). The number of ether oxygens (including phenoxy) is 3. The van der Waals surface area contributed by atoms with E-state index >= 15 is 0 Å². The Morgan fingerprint density at radius 2 is 2.03 bits per heavy atom. The van der Waals surface area contributed by atoms with Gasteiger partial charge in [-0.3, -0.25) is 9.59 Å². The summed E-state index contributed by atoms with van der Waals surface area (Å²) < 4.78 is 17.5. The van der Waals surface area contributed by atoms with E-state index < -0.39 is 0 Å². The summed E-state index contributed by atoms with van der Waals surface area (Å²) in [4.78, 5) is 39.1. The summed E-state index contributed by atoms with van der Waals surface area (Å²) in [5.41, 5.74) is 2.84. The third-order valence-electron chi connectivity index (χ3n) is 6.69. The molecule has 0 unspecified atom stereocenters. The molecule has 4 heterocycles. The zero-order valence-corrected chi connectivity index (χ0v) is 20.6. The Bertz CT molecular complexity index is 1270. The molecule has 2 aliphatic heterocycles. The van der Waals surface area contributed by atoms with E-state index in [-0.39, 0.29) is 24.6 Å². The third kappa shape index (κ3) is 4.55. The van der Waals surface area contributed by atoms with E-state index in [0.29, 0.717) is 71.2 Å². The van der Waals surface area contributed by atoms with Gasteiger partial charge in [-0.1, -0.05) is 20.3 Å². The number of nitrogens with zero attached hydrogens (tertiary/aromatic N) is 3. The molecule has 1 fully saturated rings. The molecule has 10 heteroatoms. The number of aromatic nitrogens is 3. The first-order valence-electron chi connectivity index (χ1n) is 12.6. The Balaban J connectivity index is 1.42. The van der Waals surface area contributed by atoms with Crippen LogP contribution < -0.4 is 19.5 Å². The van der Waals surface area contributed by atoms with Crippen LogP contribution in [0.2, 0.25) is 0 Å². The van der Waals surface area contributed by atoms with Gasteiger partial charge in [0.05, 0.1) is 23.3 Å². The fraction of sp³-hybridized carbons (Fsp3) is 0.462. The summed E-state index contributed by atoms with van der Waals surface area (Å²) in [6.45, 7) is 5.97. The number of hydrogen-bond acceptors (Lipinski definition) is 7. The van der Waals surface area contributed by atoms with Crippen molar-refractivity contribution < 1.29 is 23.8 Å². The topological polar surface area (TPSA) is 119 Å². The van der Waals surface area contributed by atoms with Crippen LogP contribution >= 0.6 is 0 Å². The molecule has 0 radical (unpaired) electrons. The van der Waals surface area contributed by atoms with Gasteiger partial charge in [-0.25, -0.2) is 9.97 Å². The molecule has 0 aliphatic carbocycles. The number of likely N-dealkylation sites (tertiary alicyclic amines) is 1. The van der Waals surface area contributed by atoms with Crippen LogP contribution in [0, 0.1) is 0 Å². The van der Waals surface area contributed by atoms with Crippen LogP contribution in [-0.4, -0.2) is 64.2 Å². The Morgan fingerprint density at radius 1 is 1.19 bits per heavy atom. The first-order chi connectivity index (χ1) is 17.6. The molecule has 1 aromatic carbocycles. The lowest BCUT2D eigenvalue weighted by molar-refractivity contribution is -0.131. The first kappa shape index (κ1) is 23.9. The van der Waals surface area contributed by atoms with Crippen molar-refractivity contribution in [3.63, 3.8) is 0 Å². The highest BCUT2D eigenvalue weighted by Crippen LogP contribution is 2.47. The molecule has 190 valence electrons. The average Bonchev–Trinajstić information content (AvgIpc) is 3.56. The van der Waals surface area contributed by atoms with Crippen molar-refractivity contribution in [1.82, 2.24) is 25.2 Å². The number of rotatable bonds is 8. The number of fused-ring (bicyclic) bond motifs is 2. The quantitative estimate of drug-likeness (QED) is 0.460. The van der Waals surface area contributed by atoms with E-state index in [0.717, 1.165) is 25.7 Å². The standard InChI is InChI=1S/C26H31N5O5/c1-3-5-12-34-18-6-7-19-25(36-15-35-19)21(18)23-24-22(28-14-29-23)17(13-27-24)26(33)30-16-8-10-31(11-9-16)20(32)4-2/h6-7,13-14,16,27H,3-5,8-12,15H2,1-2H3,(H,30,33). The second kappa shape index (κ2) is 10.4. The van der Waals surface area contributed by atoms with Gasteiger partial charge in [0.2, 0.25) is 12.7 Å². The van der Waals surface area contributed by atoms with Gasteiger partial charge in [-0.15, -0.1) is 0 Å². The summed E-state index contributed by atoms with van der Waals surface area (Å²) in [6.07, 6.45) is 7.00. The molecule has 0 bridgehead atoms. The predicted molar refractivity (Wildman–Crippen MR) is 133 cm³/mol. The molecule has 2 aromatic heterocycles. The molecule has 1 saturated heterocycles. The summed E-state index contributed by atoms with van der Waals surface area (Å²) in [6, 6.07) is 3.70. The van der Waals surface area contributed by atoms with Gasteiger partial charge < -0.3 is 29.4 Å². The molecule has 2 amide bonds. The van der Waals surface area contributed by atoms with Crippen molar-refractivity contribution in [3.05, 3.63) is 30.2 Å². The molecular formula is C26H31N5O5. The molecule has 2 aliphatic rings. The summed E-state index contributed by atoms with van der Waals surface area (Å²) in [5, 5.41) is 3.11. The fourth-order valence-electron chi connectivity index (χ4n) is 4.69. The minimum absolute atomic E-state index is 0.00572. The maximum absolute atomic E-state index is 13.2.